The fraction of sp³-hybridized carbons (Fsp3) is 0.250. The Bertz CT molecular complexity index is 341. The summed E-state index contributed by atoms with van der Waals surface area (Å²) in [6, 6.07) is 1.43. The number of benzene rings is 1. The van der Waals surface area contributed by atoms with Crippen LogP contribution in [0.5, 0.6) is 0 Å². The van der Waals surface area contributed by atoms with E-state index in [9.17, 15) is 8.78 Å². The van der Waals surface area contributed by atoms with E-state index in [2.05, 4.69) is 21.0 Å². The van der Waals surface area contributed by atoms with Crippen LogP contribution in [-0.2, 0) is 0 Å². The lowest BCUT2D eigenvalue weighted by Crippen LogP contribution is -1.95. The van der Waals surface area contributed by atoms with E-state index >= 15 is 0 Å². The molecule has 1 aromatic carbocycles. The second-order valence-electron chi connectivity index (χ2n) is 2.59. The standard InChI is InChI=1S/C8H7BrF2N2/c1-4(13-12)5-2-8(11)6(9)3-7(5)10/h2-4,12H,1H3. The molecule has 1 N–H and O–H groups in total. The topological polar surface area (TPSA) is 36.2 Å². The Kier molecular flexibility index (Phi) is 3.08. The Balaban J connectivity index is 3.22. The Morgan fingerprint density at radius 1 is 1.38 bits per heavy atom. The Labute approximate surface area is 82.6 Å². The predicted octanol–water partition coefficient (Wildman–Crippen LogP) is 3.82. The zero-order valence-corrected chi connectivity index (χ0v) is 8.40. The quantitative estimate of drug-likeness (QED) is 0.611. The van der Waals surface area contributed by atoms with Gasteiger partial charge in [-0.05, 0) is 35.0 Å². The van der Waals surface area contributed by atoms with E-state index in [0.29, 0.717) is 0 Å². The van der Waals surface area contributed by atoms with Crippen molar-refractivity contribution in [3.63, 3.8) is 0 Å². The summed E-state index contributed by atoms with van der Waals surface area (Å²) in [5, 5.41) is 3.12. The molecule has 0 saturated carbocycles. The molecule has 13 heavy (non-hydrogen) atoms. The highest BCUT2D eigenvalue weighted by Crippen LogP contribution is 2.25. The van der Waals surface area contributed by atoms with Crippen LogP contribution in [0.15, 0.2) is 21.7 Å². The van der Waals surface area contributed by atoms with Gasteiger partial charge in [0, 0.05) is 5.56 Å². The van der Waals surface area contributed by atoms with Gasteiger partial charge in [0.05, 0.1) is 10.5 Å². The van der Waals surface area contributed by atoms with Gasteiger partial charge in [0.2, 0.25) is 0 Å². The van der Waals surface area contributed by atoms with E-state index in [-0.39, 0.29) is 10.0 Å². The van der Waals surface area contributed by atoms with Gasteiger partial charge in [-0.3, -0.25) is 0 Å². The molecule has 0 radical (unpaired) electrons. The van der Waals surface area contributed by atoms with Gasteiger partial charge in [0.15, 0.2) is 0 Å². The molecule has 0 bridgehead atoms. The number of halogens is 3. The Morgan fingerprint density at radius 2 is 2.00 bits per heavy atom. The Hall–Kier alpha value is -0.840. The molecule has 0 aliphatic rings. The predicted molar refractivity (Wildman–Crippen MR) is 47.6 cm³/mol. The maximum Gasteiger partial charge on any atom is 0.137 e. The molecule has 5 heteroatoms. The van der Waals surface area contributed by atoms with Crippen molar-refractivity contribution in [3.05, 3.63) is 33.8 Å². The fourth-order valence-electron chi connectivity index (χ4n) is 0.928. The Morgan fingerprint density at radius 3 is 2.54 bits per heavy atom. The third kappa shape index (κ3) is 2.09. The first kappa shape index (κ1) is 10.2. The van der Waals surface area contributed by atoms with Crippen LogP contribution in [0, 0.1) is 17.2 Å². The van der Waals surface area contributed by atoms with Crippen molar-refractivity contribution in [3.8, 4) is 0 Å². The summed E-state index contributed by atoms with van der Waals surface area (Å²) in [4.78, 5) is 0. The molecule has 0 spiro atoms. The van der Waals surface area contributed by atoms with Crippen molar-refractivity contribution in [1.82, 2.24) is 0 Å². The second kappa shape index (κ2) is 3.91. The summed E-state index contributed by atoms with van der Waals surface area (Å²) in [6.07, 6.45) is 0. The van der Waals surface area contributed by atoms with Crippen molar-refractivity contribution in [1.29, 1.82) is 5.53 Å². The maximum absolute atomic E-state index is 13.1. The summed E-state index contributed by atoms with van der Waals surface area (Å²) in [5.41, 5.74) is 6.78. The lowest BCUT2D eigenvalue weighted by atomic mass is 10.1. The monoisotopic (exact) mass is 248 g/mol. The van der Waals surface area contributed by atoms with Gasteiger partial charge in [-0.1, -0.05) is 0 Å². The number of rotatable bonds is 2. The molecular formula is C8H7BrF2N2. The van der Waals surface area contributed by atoms with Crippen LogP contribution in [0.4, 0.5) is 8.78 Å². The molecule has 1 atom stereocenters. The van der Waals surface area contributed by atoms with Crippen molar-refractivity contribution in [2.24, 2.45) is 5.11 Å². The fourth-order valence-corrected chi connectivity index (χ4v) is 1.24. The van der Waals surface area contributed by atoms with Crippen LogP contribution in [0.25, 0.3) is 0 Å². The van der Waals surface area contributed by atoms with Gasteiger partial charge in [0.1, 0.15) is 11.6 Å². The smallest absolute Gasteiger partial charge is 0.137 e. The zero-order chi connectivity index (χ0) is 10.0. The minimum atomic E-state index is -0.650. The zero-order valence-electron chi connectivity index (χ0n) is 6.81. The van der Waals surface area contributed by atoms with Gasteiger partial charge < -0.3 is 0 Å². The summed E-state index contributed by atoms with van der Waals surface area (Å²) >= 11 is 2.86. The van der Waals surface area contributed by atoms with Crippen LogP contribution in [0.2, 0.25) is 0 Å². The van der Waals surface area contributed by atoms with Crippen LogP contribution < -0.4 is 0 Å². The van der Waals surface area contributed by atoms with E-state index in [1.165, 1.54) is 6.92 Å². The molecule has 0 aromatic heterocycles. The highest BCUT2D eigenvalue weighted by atomic mass is 79.9. The summed E-state index contributed by atoms with van der Waals surface area (Å²) in [7, 11) is 0. The van der Waals surface area contributed by atoms with Crippen LogP contribution in [0.1, 0.15) is 18.5 Å². The van der Waals surface area contributed by atoms with Gasteiger partial charge in [-0.15, -0.1) is 0 Å². The summed E-state index contributed by atoms with van der Waals surface area (Å²) < 4.78 is 26.1. The minimum absolute atomic E-state index is 0.0749. The normalized spacial score (nSPS) is 12.6. The molecule has 0 heterocycles. The minimum Gasteiger partial charge on any atom is -0.209 e. The third-order valence-corrected chi connectivity index (χ3v) is 2.29. The van der Waals surface area contributed by atoms with Crippen molar-refractivity contribution < 1.29 is 8.78 Å². The lowest BCUT2D eigenvalue weighted by Gasteiger charge is -2.06. The van der Waals surface area contributed by atoms with Gasteiger partial charge in [-0.25, -0.2) is 14.3 Å². The van der Waals surface area contributed by atoms with Crippen molar-refractivity contribution >= 4 is 15.9 Å². The SMILES string of the molecule is CC(N=N)c1cc(F)c(Br)cc1F. The van der Waals surface area contributed by atoms with E-state index in [4.69, 9.17) is 5.53 Å². The lowest BCUT2D eigenvalue weighted by molar-refractivity contribution is 0.561. The molecular weight excluding hydrogens is 242 g/mol. The maximum atomic E-state index is 13.1. The molecule has 0 aliphatic heterocycles. The first-order valence-electron chi connectivity index (χ1n) is 3.57. The molecule has 0 saturated heterocycles. The summed E-state index contributed by atoms with van der Waals surface area (Å²) in [6.45, 7) is 1.53. The van der Waals surface area contributed by atoms with Crippen molar-refractivity contribution in [2.75, 3.05) is 0 Å². The molecule has 0 fully saturated rings. The number of hydrogen-bond donors (Lipinski definition) is 1. The first-order chi connectivity index (χ1) is 6.06. The molecule has 1 unspecified atom stereocenters. The van der Waals surface area contributed by atoms with Crippen LogP contribution in [0.3, 0.4) is 0 Å². The number of hydrogen-bond acceptors (Lipinski definition) is 2. The third-order valence-electron chi connectivity index (χ3n) is 1.68. The van der Waals surface area contributed by atoms with Gasteiger partial charge >= 0.3 is 0 Å². The highest BCUT2D eigenvalue weighted by Gasteiger charge is 2.13. The largest absolute Gasteiger partial charge is 0.209 e. The van der Waals surface area contributed by atoms with Crippen LogP contribution >= 0.6 is 15.9 Å². The molecule has 2 nitrogen and oxygen atoms in total. The van der Waals surface area contributed by atoms with E-state index in [1.54, 1.807) is 0 Å². The molecule has 1 aromatic rings. The second-order valence-corrected chi connectivity index (χ2v) is 3.45. The number of nitrogens with one attached hydrogen (secondary N) is 1. The van der Waals surface area contributed by atoms with E-state index in [1.807, 2.05) is 0 Å². The van der Waals surface area contributed by atoms with E-state index in [0.717, 1.165) is 12.1 Å². The van der Waals surface area contributed by atoms with Gasteiger partial charge in [0.25, 0.3) is 0 Å². The first-order valence-corrected chi connectivity index (χ1v) is 4.36. The van der Waals surface area contributed by atoms with Crippen molar-refractivity contribution in [2.45, 2.75) is 13.0 Å². The average Bonchev–Trinajstić information content (AvgIpc) is 2.10. The summed E-state index contributed by atoms with van der Waals surface area (Å²) in [5.74, 6) is -1.11. The molecule has 70 valence electrons. The average molecular weight is 249 g/mol. The number of nitrogens with zero attached hydrogens (tertiary/aromatic N) is 1. The van der Waals surface area contributed by atoms with E-state index < -0.39 is 17.7 Å². The molecule has 0 amide bonds. The van der Waals surface area contributed by atoms with Gasteiger partial charge in [-0.2, -0.15) is 5.11 Å². The highest BCUT2D eigenvalue weighted by molar-refractivity contribution is 9.10. The van der Waals surface area contributed by atoms with Crippen LogP contribution in [-0.4, -0.2) is 0 Å². The molecule has 0 aliphatic carbocycles. The molecule has 1 rings (SSSR count).